The van der Waals surface area contributed by atoms with Crippen LogP contribution in [0, 0.1) is 46.6 Å². The number of hydrogen-bond donors (Lipinski definition) is 1. The van der Waals surface area contributed by atoms with Gasteiger partial charge in [0.05, 0.1) is 23.6 Å². The Morgan fingerprint density at radius 2 is 1.98 bits per heavy atom. The van der Waals surface area contributed by atoms with Crippen LogP contribution in [-0.2, 0) is 0 Å². The fourth-order valence-corrected chi connectivity index (χ4v) is 8.21. The summed E-state index contributed by atoms with van der Waals surface area (Å²) in [7, 11) is 2.18. The average Bonchev–Trinajstić information content (AvgIpc) is 3.50. The molecular weight excluding hydrogens is 586 g/mol. The SMILES string of the molecule is C#Cc1c(F)ccc2cc(O)cc(-c3ncc4c(N5CCCC(CC#N)C5)nc(OCC56CCCC5N(C)CCC6)nc4c3F)c12. The van der Waals surface area contributed by atoms with Crippen molar-refractivity contribution < 1.29 is 18.6 Å². The number of terminal acetylenes is 1. The Kier molecular flexibility index (Phi) is 7.86. The van der Waals surface area contributed by atoms with E-state index in [-0.39, 0.29) is 50.8 Å². The van der Waals surface area contributed by atoms with Gasteiger partial charge >= 0.3 is 6.01 Å². The molecule has 10 heteroatoms. The number of aromatic nitrogens is 3. The Morgan fingerprint density at radius 1 is 1.13 bits per heavy atom. The molecule has 1 N–H and O–H groups in total. The second-order valence-corrected chi connectivity index (χ2v) is 13.1. The number of anilines is 1. The first-order valence-corrected chi connectivity index (χ1v) is 16.1. The molecule has 1 saturated carbocycles. The van der Waals surface area contributed by atoms with Gasteiger partial charge in [0.25, 0.3) is 0 Å². The van der Waals surface area contributed by atoms with Gasteiger partial charge in [-0.05, 0) is 81.6 Å². The molecule has 2 saturated heterocycles. The average molecular weight is 623 g/mol. The van der Waals surface area contributed by atoms with Crippen LogP contribution >= 0.6 is 0 Å². The number of nitrogens with zero attached hydrogens (tertiary/aromatic N) is 6. The molecule has 46 heavy (non-hydrogen) atoms. The number of phenolic OH excluding ortho intramolecular Hbond substituents is 1. The largest absolute Gasteiger partial charge is 0.508 e. The molecule has 0 amide bonds. The van der Waals surface area contributed by atoms with Crippen molar-refractivity contribution in [2.24, 2.45) is 11.3 Å². The van der Waals surface area contributed by atoms with Crippen molar-refractivity contribution in [2.75, 3.05) is 38.2 Å². The lowest BCUT2D eigenvalue weighted by molar-refractivity contribution is 0.0133. The van der Waals surface area contributed by atoms with Crippen LogP contribution in [0.25, 0.3) is 32.9 Å². The van der Waals surface area contributed by atoms with Crippen molar-refractivity contribution >= 4 is 27.5 Å². The van der Waals surface area contributed by atoms with E-state index in [4.69, 9.17) is 16.1 Å². The molecular formula is C36H36F2N6O2. The van der Waals surface area contributed by atoms with Gasteiger partial charge in [0.2, 0.25) is 0 Å². The Hall–Kier alpha value is -4.54. The van der Waals surface area contributed by atoms with Gasteiger partial charge in [-0.3, -0.25) is 4.98 Å². The third-order valence-corrected chi connectivity index (χ3v) is 10.4. The van der Waals surface area contributed by atoms with Gasteiger partial charge in [-0.1, -0.05) is 18.4 Å². The molecule has 4 heterocycles. The van der Waals surface area contributed by atoms with E-state index in [0.717, 1.165) is 51.5 Å². The number of halogens is 2. The minimum Gasteiger partial charge on any atom is -0.508 e. The third-order valence-electron chi connectivity index (χ3n) is 10.4. The van der Waals surface area contributed by atoms with Crippen LogP contribution in [0.3, 0.4) is 0 Å². The predicted octanol–water partition coefficient (Wildman–Crippen LogP) is 6.58. The fourth-order valence-electron chi connectivity index (χ4n) is 8.21. The summed E-state index contributed by atoms with van der Waals surface area (Å²) >= 11 is 0. The van der Waals surface area contributed by atoms with Crippen LogP contribution < -0.4 is 9.64 Å². The highest BCUT2D eigenvalue weighted by atomic mass is 19.1. The molecule has 3 aliphatic rings. The van der Waals surface area contributed by atoms with Crippen molar-refractivity contribution in [1.82, 2.24) is 19.9 Å². The number of aromatic hydroxyl groups is 1. The lowest BCUT2D eigenvalue weighted by Crippen LogP contribution is -2.50. The van der Waals surface area contributed by atoms with Crippen LogP contribution in [-0.4, -0.2) is 64.3 Å². The Labute approximate surface area is 267 Å². The molecule has 0 spiro atoms. The molecule has 4 aromatic rings. The summed E-state index contributed by atoms with van der Waals surface area (Å²) in [5.41, 5.74) is 0.0154. The fraction of sp³-hybridized carbons (Fsp3) is 0.444. The van der Waals surface area contributed by atoms with Gasteiger partial charge in [0.15, 0.2) is 5.82 Å². The number of nitriles is 1. The maximum atomic E-state index is 16.8. The lowest BCUT2D eigenvalue weighted by atomic mass is 9.76. The summed E-state index contributed by atoms with van der Waals surface area (Å²) in [4.78, 5) is 18.5. The second kappa shape index (κ2) is 12.0. The van der Waals surface area contributed by atoms with Gasteiger partial charge < -0.3 is 19.6 Å². The Bertz CT molecular complexity index is 1920. The van der Waals surface area contributed by atoms with Gasteiger partial charge in [-0.15, -0.1) is 6.42 Å². The topological polar surface area (TPSA) is 98.4 Å². The van der Waals surface area contributed by atoms with E-state index in [0.29, 0.717) is 48.7 Å². The number of benzene rings is 2. The molecule has 0 bridgehead atoms. The zero-order valence-corrected chi connectivity index (χ0v) is 25.9. The number of hydrogen-bond acceptors (Lipinski definition) is 8. The quantitative estimate of drug-likeness (QED) is 0.241. The third kappa shape index (κ3) is 5.15. The number of ether oxygens (including phenoxy) is 1. The van der Waals surface area contributed by atoms with Crippen molar-refractivity contribution in [3.05, 3.63) is 47.7 Å². The summed E-state index contributed by atoms with van der Waals surface area (Å²) in [6, 6.07) is 8.31. The normalized spacial score (nSPS) is 23.3. The highest BCUT2D eigenvalue weighted by Gasteiger charge is 2.47. The Balaban J connectivity index is 1.37. The standard InChI is InChI=1S/C36H36F2N6O2/c1-3-25-28(37)10-9-23-17-24(45)18-26(30(23)25)32-31(38)33-27(19-40-32)34(44-16-5-7-22(20-44)11-14-39)42-35(41-33)46-21-36-12-4-8-29(36)43(2)15-6-13-36/h1,9-10,17-19,22,29,45H,4-8,11-13,15-16,20-21H2,2H3. The van der Waals surface area contributed by atoms with E-state index in [2.05, 4.69) is 38.8 Å². The van der Waals surface area contributed by atoms with E-state index in [1.807, 2.05) is 0 Å². The van der Waals surface area contributed by atoms with Gasteiger partial charge in [-0.2, -0.15) is 15.2 Å². The number of piperidine rings is 2. The van der Waals surface area contributed by atoms with E-state index in [9.17, 15) is 14.8 Å². The molecule has 2 aromatic heterocycles. The summed E-state index contributed by atoms with van der Waals surface area (Å²) in [5.74, 6) is 1.55. The van der Waals surface area contributed by atoms with Crippen molar-refractivity contribution in [2.45, 2.75) is 57.4 Å². The highest BCUT2D eigenvalue weighted by Crippen LogP contribution is 2.47. The Morgan fingerprint density at radius 3 is 2.80 bits per heavy atom. The molecule has 236 valence electrons. The summed E-state index contributed by atoms with van der Waals surface area (Å²) in [5, 5.41) is 21.1. The van der Waals surface area contributed by atoms with E-state index >= 15 is 4.39 Å². The molecule has 3 unspecified atom stereocenters. The van der Waals surface area contributed by atoms with Crippen molar-refractivity contribution in [3.8, 4) is 41.4 Å². The molecule has 3 atom stereocenters. The smallest absolute Gasteiger partial charge is 0.319 e. The van der Waals surface area contributed by atoms with E-state index in [1.54, 1.807) is 0 Å². The zero-order chi connectivity index (χ0) is 32.0. The van der Waals surface area contributed by atoms with Crippen LogP contribution in [0.2, 0.25) is 0 Å². The molecule has 7 rings (SSSR count). The number of fused-ring (bicyclic) bond motifs is 3. The van der Waals surface area contributed by atoms with Crippen molar-refractivity contribution in [3.63, 3.8) is 0 Å². The molecule has 2 aromatic carbocycles. The lowest BCUT2D eigenvalue weighted by Gasteiger charge is -2.44. The van der Waals surface area contributed by atoms with Gasteiger partial charge in [0.1, 0.15) is 28.6 Å². The maximum absolute atomic E-state index is 16.8. The van der Waals surface area contributed by atoms with Gasteiger partial charge in [0, 0.05) is 48.1 Å². The van der Waals surface area contributed by atoms with Crippen LogP contribution in [0.4, 0.5) is 14.6 Å². The monoisotopic (exact) mass is 622 g/mol. The first kappa shape index (κ1) is 30.1. The predicted molar refractivity (Wildman–Crippen MR) is 172 cm³/mol. The summed E-state index contributed by atoms with van der Waals surface area (Å²) in [6.07, 6.45) is 14.9. The van der Waals surface area contributed by atoms with Crippen LogP contribution in [0.5, 0.6) is 11.8 Å². The van der Waals surface area contributed by atoms with Crippen LogP contribution in [0.15, 0.2) is 30.5 Å². The maximum Gasteiger partial charge on any atom is 0.319 e. The summed E-state index contributed by atoms with van der Waals surface area (Å²) in [6.45, 7) is 2.79. The van der Waals surface area contributed by atoms with Gasteiger partial charge in [-0.25, -0.2) is 8.78 Å². The molecule has 1 aliphatic carbocycles. The zero-order valence-electron chi connectivity index (χ0n) is 25.9. The molecule has 0 radical (unpaired) electrons. The minimum absolute atomic E-state index is 0.00732. The van der Waals surface area contributed by atoms with E-state index < -0.39 is 11.6 Å². The summed E-state index contributed by atoms with van der Waals surface area (Å²) < 4.78 is 38.1. The highest BCUT2D eigenvalue weighted by molar-refractivity contribution is 6.03. The molecule has 3 fully saturated rings. The minimum atomic E-state index is -0.745. The number of likely N-dealkylation sites (tertiary alicyclic amines) is 1. The first-order chi connectivity index (χ1) is 22.3. The second-order valence-electron chi connectivity index (χ2n) is 13.1. The van der Waals surface area contributed by atoms with Crippen molar-refractivity contribution in [1.29, 1.82) is 5.26 Å². The number of rotatable bonds is 6. The van der Waals surface area contributed by atoms with Crippen LogP contribution in [0.1, 0.15) is 56.9 Å². The number of pyridine rings is 1. The van der Waals surface area contributed by atoms with E-state index in [1.165, 1.54) is 30.5 Å². The first-order valence-electron chi connectivity index (χ1n) is 16.1. The molecule has 8 nitrogen and oxygen atoms in total. The molecule has 2 aliphatic heterocycles. The number of phenols is 1.